The zero-order valence-electron chi connectivity index (χ0n) is 17.0. The number of nitrogen functional groups attached to an aromatic ring is 1. The number of hydrogen-bond donors (Lipinski definition) is 2. The monoisotopic (exact) mass is 459 g/mol. The number of piperidine rings is 1. The second-order valence-electron chi connectivity index (χ2n) is 7.86. The molecule has 1 atom stereocenters. The fourth-order valence-electron chi connectivity index (χ4n) is 3.80. The summed E-state index contributed by atoms with van der Waals surface area (Å²) in [5.41, 5.74) is 5.28. The zero-order valence-corrected chi connectivity index (χ0v) is 17.0. The molecule has 3 N–H and O–H groups in total. The number of carbonyl (C=O) groups is 1. The number of hydrogen-bond acceptors (Lipinski definition) is 4. The quantitative estimate of drug-likeness (QED) is 0.363. The van der Waals surface area contributed by atoms with Crippen LogP contribution in [0.3, 0.4) is 0 Å². The predicted molar refractivity (Wildman–Crippen MR) is 109 cm³/mol. The van der Waals surface area contributed by atoms with Crippen LogP contribution in [0.4, 0.5) is 37.7 Å². The number of nitrogens with zero attached hydrogens (tertiary/aromatic N) is 1. The molecular weight excluding hydrogens is 436 g/mol. The number of likely N-dealkylation sites (tertiary alicyclic amines) is 1. The first-order chi connectivity index (χ1) is 15.0. The summed E-state index contributed by atoms with van der Waals surface area (Å²) in [6.45, 7) is 1.12. The fraction of sp³-hybridized carbons (Fsp3) is 0.409. The van der Waals surface area contributed by atoms with Gasteiger partial charge in [-0.15, -0.1) is 0 Å². The number of carbonyl (C=O) groups excluding carboxylic acids is 1. The lowest BCUT2D eigenvalue weighted by atomic mass is 9.99. The molecule has 1 aliphatic heterocycles. The van der Waals surface area contributed by atoms with E-state index >= 15 is 0 Å². The summed E-state index contributed by atoms with van der Waals surface area (Å²) in [6, 6.07) is 7.44. The van der Waals surface area contributed by atoms with Gasteiger partial charge in [0.2, 0.25) is 0 Å². The highest BCUT2D eigenvalue weighted by Gasteiger charge is 2.32. The topological polar surface area (TPSA) is 58.4 Å². The first-order valence-electron chi connectivity index (χ1n) is 10.1. The second-order valence-corrected chi connectivity index (χ2v) is 7.86. The normalized spacial score (nSPS) is 17.2. The van der Waals surface area contributed by atoms with Crippen molar-refractivity contribution in [1.29, 1.82) is 0 Å². The van der Waals surface area contributed by atoms with Crippen molar-refractivity contribution >= 4 is 17.7 Å². The van der Waals surface area contributed by atoms with Gasteiger partial charge in [-0.1, -0.05) is 12.1 Å². The van der Waals surface area contributed by atoms with Crippen molar-refractivity contribution in [3.05, 3.63) is 59.2 Å². The van der Waals surface area contributed by atoms with Crippen LogP contribution in [0, 0.1) is 0 Å². The summed E-state index contributed by atoms with van der Waals surface area (Å²) in [4.78, 5) is 13.6. The average molecular weight is 459 g/mol. The van der Waals surface area contributed by atoms with E-state index in [9.17, 15) is 31.1 Å². The average Bonchev–Trinajstić information content (AvgIpc) is 2.73. The molecule has 1 fully saturated rings. The highest BCUT2D eigenvalue weighted by Crippen LogP contribution is 2.33. The van der Waals surface area contributed by atoms with E-state index in [1.165, 1.54) is 18.2 Å². The summed E-state index contributed by atoms with van der Waals surface area (Å²) in [5, 5.41) is 3.16. The molecule has 174 valence electrons. The van der Waals surface area contributed by atoms with E-state index in [1.54, 1.807) is 0 Å². The van der Waals surface area contributed by atoms with Crippen LogP contribution >= 0.6 is 0 Å². The number of aldehydes is 1. The van der Waals surface area contributed by atoms with Gasteiger partial charge in [-0.3, -0.25) is 4.90 Å². The minimum Gasteiger partial charge on any atom is -0.397 e. The molecule has 10 heteroatoms. The van der Waals surface area contributed by atoms with Gasteiger partial charge in [0.25, 0.3) is 0 Å². The van der Waals surface area contributed by atoms with Gasteiger partial charge in [-0.2, -0.15) is 26.3 Å². The third-order valence-electron chi connectivity index (χ3n) is 5.62. The number of rotatable bonds is 6. The molecule has 2 aromatic rings. The van der Waals surface area contributed by atoms with Gasteiger partial charge in [0.1, 0.15) is 6.29 Å². The SMILES string of the molecule is Nc1cc(C(F)(F)F)ccc1NC1CCN(C(C=O)Cc2ccc(C(F)(F)F)cc2)CC1. The summed E-state index contributed by atoms with van der Waals surface area (Å²) >= 11 is 0. The number of anilines is 2. The van der Waals surface area contributed by atoms with Crippen molar-refractivity contribution in [1.82, 2.24) is 4.90 Å². The molecule has 0 spiro atoms. The van der Waals surface area contributed by atoms with Crippen molar-refractivity contribution in [3.8, 4) is 0 Å². The van der Waals surface area contributed by atoms with Crippen LogP contribution in [-0.4, -0.2) is 36.4 Å². The van der Waals surface area contributed by atoms with Crippen molar-refractivity contribution in [2.24, 2.45) is 0 Å². The van der Waals surface area contributed by atoms with E-state index in [2.05, 4.69) is 5.32 Å². The number of halogens is 6. The first kappa shape index (κ1) is 23.9. The Labute approximate surface area is 181 Å². The van der Waals surface area contributed by atoms with Crippen LogP contribution in [0.2, 0.25) is 0 Å². The molecule has 0 bridgehead atoms. The van der Waals surface area contributed by atoms with Gasteiger partial charge < -0.3 is 15.8 Å². The van der Waals surface area contributed by atoms with E-state index in [0.717, 1.165) is 30.6 Å². The summed E-state index contributed by atoms with van der Waals surface area (Å²) < 4.78 is 76.4. The van der Waals surface area contributed by atoms with Gasteiger partial charge in [0.15, 0.2) is 0 Å². The smallest absolute Gasteiger partial charge is 0.397 e. The molecular formula is C22H23F6N3O. The Balaban J connectivity index is 1.55. The van der Waals surface area contributed by atoms with E-state index in [0.29, 0.717) is 43.6 Å². The highest BCUT2D eigenvalue weighted by molar-refractivity contribution is 5.67. The third-order valence-corrected chi connectivity index (χ3v) is 5.62. The van der Waals surface area contributed by atoms with Crippen LogP contribution in [0.1, 0.15) is 29.5 Å². The Morgan fingerprint density at radius 1 is 0.969 bits per heavy atom. The Kier molecular flexibility index (Phi) is 7.02. The molecule has 0 radical (unpaired) electrons. The lowest BCUT2D eigenvalue weighted by Gasteiger charge is -2.36. The van der Waals surface area contributed by atoms with Crippen molar-refractivity contribution in [3.63, 3.8) is 0 Å². The van der Waals surface area contributed by atoms with Gasteiger partial charge in [0.05, 0.1) is 28.5 Å². The Hall–Kier alpha value is -2.75. The first-order valence-corrected chi connectivity index (χ1v) is 10.1. The fourth-order valence-corrected chi connectivity index (χ4v) is 3.80. The Morgan fingerprint density at radius 2 is 1.53 bits per heavy atom. The molecule has 3 rings (SSSR count). The maximum absolute atomic E-state index is 12.8. The molecule has 32 heavy (non-hydrogen) atoms. The number of benzene rings is 2. The Morgan fingerprint density at radius 3 is 2.03 bits per heavy atom. The summed E-state index contributed by atoms with van der Waals surface area (Å²) in [7, 11) is 0. The van der Waals surface area contributed by atoms with Crippen LogP contribution in [0.15, 0.2) is 42.5 Å². The summed E-state index contributed by atoms with van der Waals surface area (Å²) in [5.74, 6) is 0. The second kappa shape index (κ2) is 9.40. The molecule has 2 aromatic carbocycles. The van der Waals surface area contributed by atoms with Crippen LogP contribution in [0.25, 0.3) is 0 Å². The molecule has 1 saturated heterocycles. The molecule has 0 saturated carbocycles. The zero-order chi connectivity index (χ0) is 23.5. The molecule has 0 amide bonds. The molecule has 1 heterocycles. The molecule has 1 aliphatic rings. The van der Waals surface area contributed by atoms with Crippen molar-refractivity contribution in [2.45, 2.75) is 43.7 Å². The van der Waals surface area contributed by atoms with Gasteiger partial charge in [-0.25, -0.2) is 0 Å². The van der Waals surface area contributed by atoms with Crippen LogP contribution in [-0.2, 0) is 23.6 Å². The minimum atomic E-state index is -4.46. The molecule has 4 nitrogen and oxygen atoms in total. The molecule has 1 unspecified atom stereocenters. The van der Waals surface area contributed by atoms with Crippen LogP contribution in [0.5, 0.6) is 0 Å². The lowest BCUT2D eigenvalue weighted by Crippen LogP contribution is -2.46. The lowest BCUT2D eigenvalue weighted by molar-refractivity contribution is -0.138. The van der Waals surface area contributed by atoms with Gasteiger partial charge in [0, 0.05) is 19.1 Å². The van der Waals surface area contributed by atoms with Crippen LogP contribution < -0.4 is 11.1 Å². The number of nitrogens with one attached hydrogen (secondary N) is 1. The van der Waals surface area contributed by atoms with Gasteiger partial charge in [-0.05, 0) is 55.2 Å². The maximum atomic E-state index is 12.8. The van der Waals surface area contributed by atoms with Gasteiger partial charge >= 0.3 is 12.4 Å². The van der Waals surface area contributed by atoms with E-state index in [1.807, 2.05) is 4.90 Å². The Bertz CT molecular complexity index is 919. The third kappa shape index (κ3) is 5.93. The van der Waals surface area contributed by atoms with Crippen molar-refractivity contribution < 1.29 is 31.1 Å². The largest absolute Gasteiger partial charge is 0.416 e. The maximum Gasteiger partial charge on any atom is 0.416 e. The van der Waals surface area contributed by atoms with Crippen molar-refractivity contribution in [2.75, 3.05) is 24.1 Å². The van der Waals surface area contributed by atoms with E-state index in [-0.39, 0.29) is 11.7 Å². The molecule has 0 aromatic heterocycles. The standard InChI is InChI=1S/C22H23F6N3O/c23-21(24,25)15-3-1-14(2-4-15)11-18(13-32)31-9-7-17(8-10-31)30-20-6-5-16(12-19(20)29)22(26,27)28/h1-6,12-13,17-18,30H,7-11,29H2. The minimum absolute atomic E-state index is 0.00956. The van der Waals surface area contributed by atoms with E-state index in [4.69, 9.17) is 5.73 Å². The summed E-state index contributed by atoms with van der Waals surface area (Å²) in [6.07, 6.45) is -6.51. The highest BCUT2D eigenvalue weighted by atomic mass is 19.4. The molecule has 0 aliphatic carbocycles. The van der Waals surface area contributed by atoms with E-state index < -0.39 is 29.5 Å². The number of nitrogens with two attached hydrogens (primary N) is 1. The predicted octanol–water partition coefficient (Wildman–Crippen LogP) is 4.99. The number of alkyl halides is 6.